The lowest BCUT2D eigenvalue weighted by Crippen LogP contribution is -2.23. The van der Waals surface area contributed by atoms with E-state index in [4.69, 9.17) is 9.47 Å². The molecule has 0 saturated carbocycles. The summed E-state index contributed by atoms with van der Waals surface area (Å²) in [5.74, 6) is 0.698. The number of hydrogen-bond acceptors (Lipinski definition) is 5. The molecule has 0 aliphatic carbocycles. The number of benzene rings is 1. The highest BCUT2D eigenvalue weighted by Crippen LogP contribution is 2.29. The number of aromatic nitrogens is 4. The molecule has 0 fully saturated rings. The van der Waals surface area contributed by atoms with Gasteiger partial charge < -0.3 is 9.47 Å². The smallest absolute Gasteiger partial charge is 0.297 e. The second-order valence-corrected chi connectivity index (χ2v) is 6.11. The molecule has 1 aliphatic heterocycles. The van der Waals surface area contributed by atoms with Crippen molar-refractivity contribution >= 4 is 11.0 Å². The molecule has 1 aromatic carbocycles. The van der Waals surface area contributed by atoms with Gasteiger partial charge in [0.05, 0.1) is 23.3 Å². The molecule has 4 heterocycles. The zero-order valence-corrected chi connectivity index (χ0v) is 13.9. The number of nitrogens with zero attached hydrogens (tertiary/aromatic N) is 4. The Bertz CT molecular complexity index is 1060. The molecule has 4 aromatic rings. The highest BCUT2D eigenvalue weighted by atomic mass is 16.6. The lowest BCUT2D eigenvalue weighted by molar-refractivity contribution is 0.144. The van der Waals surface area contributed by atoms with Crippen molar-refractivity contribution in [2.45, 2.75) is 12.6 Å². The van der Waals surface area contributed by atoms with Crippen LogP contribution in [0, 0.1) is 0 Å². The molecule has 0 spiro atoms. The Morgan fingerprint density at radius 1 is 1.00 bits per heavy atom. The molecule has 0 unspecified atom stereocenters. The van der Waals surface area contributed by atoms with E-state index in [0.717, 1.165) is 29.0 Å². The normalized spacial score (nSPS) is 15.6. The molecule has 3 aromatic heterocycles. The van der Waals surface area contributed by atoms with Crippen LogP contribution in [0.15, 0.2) is 67.0 Å². The van der Waals surface area contributed by atoms with Gasteiger partial charge in [-0.05, 0) is 36.4 Å². The molecule has 0 amide bonds. The van der Waals surface area contributed by atoms with Gasteiger partial charge in [-0.25, -0.2) is 0 Å². The van der Waals surface area contributed by atoms with E-state index in [2.05, 4.69) is 25.6 Å². The molecular weight excluding hydrogens is 328 g/mol. The Hall–Kier alpha value is -3.41. The summed E-state index contributed by atoms with van der Waals surface area (Å²) in [5, 5.41) is 0. The van der Waals surface area contributed by atoms with Crippen LogP contribution in [0.3, 0.4) is 0 Å². The molecule has 5 rings (SSSR count). The van der Waals surface area contributed by atoms with Gasteiger partial charge >= 0.3 is 0 Å². The van der Waals surface area contributed by atoms with Crippen LogP contribution >= 0.6 is 0 Å². The lowest BCUT2D eigenvalue weighted by atomic mass is 10.2. The minimum Gasteiger partial charge on any atom is -0.487 e. The summed E-state index contributed by atoms with van der Waals surface area (Å²) in [6.45, 7) is 1.14. The summed E-state index contributed by atoms with van der Waals surface area (Å²) < 4.78 is 14.1. The minimum atomic E-state index is -0.0844. The Morgan fingerprint density at radius 3 is 2.81 bits per heavy atom. The monoisotopic (exact) mass is 344 g/mol. The van der Waals surface area contributed by atoms with Crippen LogP contribution in [0.2, 0.25) is 0 Å². The summed E-state index contributed by atoms with van der Waals surface area (Å²) in [5.41, 5.74) is 3.55. The first-order chi connectivity index (χ1) is 12.9. The summed E-state index contributed by atoms with van der Waals surface area (Å²) in [7, 11) is 0. The summed E-state index contributed by atoms with van der Waals surface area (Å²) in [4.78, 5) is 13.3. The van der Waals surface area contributed by atoms with Gasteiger partial charge in [-0.1, -0.05) is 18.2 Å². The van der Waals surface area contributed by atoms with E-state index >= 15 is 0 Å². The van der Waals surface area contributed by atoms with Gasteiger partial charge in [-0.2, -0.15) is 4.98 Å². The lowest BCUT2D eigenvalue weighted by Gasteiger charge is -2.13. The molecule has 26 heavy (non-hydrogen) atoms. The molecule has 0 saturated heterocycles. The van der Waals surface area contributed by atoms with Gasteiger partial charge in [0.2, 0.25) is 0 Å². The van der Waals surface area contributed by atoms with E-state index in [9.17, 15) is 0 Å². The van der Waals surface area contributed by atoms with Crippen molar-refractivity contribution in [2.24, 2.45) is 0 Å². The van der Waals surface area contributed by atoms with Crippen molar-refractivity contribution in [1.29, 1.82) is 0 Å². The Balaban J connectivity index is 1.33. The maximum Gasteiger partial charge on any atom is 0.297 e. The topological polar surface area (TPSA) is 62.1 Å². The van der Waals surface area contributed by atoms with E-state index in [-0.39, 0.29) is 6.10 Å². The third-order valence-corrected chi connectivity index (χ3v) is 4.38. The first-order valence-electron chi connectivity index (χ1n) is 8.49. The Morgan fingerprint density at radius 2 is 1.88 bits per heavy atom. The second-order valence-electron chi connectivity index (χ2n) is 6.11. The van der Waals surface area contributed by atoms with Crippen molar-refractivity contribution < 1.29 is 9.47 Å². The molecule has 1 atom stereocenters. The minimum absolute atomic E-state index is 0.0844. The van der Waals surface area contributed by atoms with Crippen molar-refractivity contribution in [1.82, 2.24) is 19.5 Å². The molecule has 6 nitrogen and oxygen atoms in total. The van der Waals surface area contributed by atoms with Crippen LogP contribution in [0.25, 0.3) is 22.4 Å². The van der Waals surface area contributed by atoms with Crippen molar-refractivity contribution in [2.75, 3.05) is 6.61 Å². The average Bonchev–Trinajstić information content (AvgIpc) is 3.25. The predicted octanol–water partition coefficient (Wildman–Crippen LogP) is 3.33. The maximum absolute atomic E-state index is 6.02. The van der Waals surface area contributed by atoms with Crippen LogP contribution in [0.4, 0.5) is 0 Å². The number of ether oxygens (including phenoxy) is 2. The van der Waals surface area contributed by atoms with Gasteiger partial charge in [-0.15, -0.1) is 0 Å². The third-order valence-electron chi connectivity index (χ3n) is 4.38. The Kier molecular flexibility index (Phi) is 3.52. The fraction of sp³-hybridized carbons (Fsp3) is 0.150. The van der Waals surface area contributed by atoms with Crippen LogP contribution in [-0.2, 0) is 6.54 Å². The van der Waals surface area contributed by atoms with Gasteiger partial charge in [-0.3, -0.25) is 14.5 Å². The summed E-state index contributed by atoms with van der Waals surface area (Å²) in [6, 6.07) is 18.2. The zero-order valence-electron chi connectivity index (χ0n) is 13.9. The van der Waals surface area contributed by atoms with Gasteiger partial charge in [0.1, 0.15) is 18.1 Å². The molecule has 128 valence electrons. The number of rotatable bonds is 4. The highest BCUT2D eigenvalue weighted by molar-refractivity contribution is 5.76. The van der Waals surface area contributed by atoms with Gasteiger partial charge in [0, 0.05) is 12.4 Å². The second kappa shape index (κ2) is 6.15. The van der Waals surface area contributed by atoms with Crippen molar-refractivity contribution in [3.63, 3.8) is 0 Å². The van der Waals surface area contributed by atoms with E-state index < -0.39 is 0 Å². The quantitative estimate of drug-likeness (QED) is 0.568. The fourth-order valence-corrected chi connectivity index (χ4v) is 3.18. The van der Waals surface area contributed by atoms with E-state index in [1.807, 2.05) is 48.5 Å². The van der Waals surface area contributed by atoms with Crippen molar-refractivity contribution in [3.8, 4) is 23.1 Å². The average molecular weight is 344 g/mol. The van der Waals surface area contributed by atoms with E-state index in [1.54, 1.807) is 12.4 Å². The molecule has 0 radical (unpaired) electrons. The predicted molar refractivity (Wildman–Crippen MR) is 97.1 cm³/mol. The van der Waals surface area contributed by atoms with E-state index in [0.29, 0.717) is 18.4 Å². The molecule has 0 N–H and O–H groups in total. The molecule has 0 bridgehead atoms. The van der Waals surface area contributed by atoms with Crippen molar-refractivity contribution in [3.05, 3.63) is 67.0 Å². The third kappa shape index (κ3) is 2.56. The first-order valence-corrected chi connectivity index (χ1v) is 8.49. The molecule has 6 heteroatoms. The van der Waals surface area contributed by atoms with E-state index in [1.165, 1.54) is 0 Å². The molecule has 1 aliphatic rings. The maximum atomic E-state index is 6.02. The van der Waals surface area contributed by atoms with Gasteiger partial charge in [0.25, 0.3) is 6.01 Å². The number of fused-ring (bicyclic) bond motifs is 3. The largest absolute Gasteiger partial charge is 0.487 e. The standard InChI is InChI=1S/C20H16N4O2/c1-2-8-17-15(6-1)23-20-24(17)12-14(26-20)13-25-18-9-5-11-22-19(18)16-7-3-4-10-21-16/h1-11,14H,12-13H2/t14-/m0/s1. The molecular formula is C20H16N4O2. The van der Waals surface area contributed by atoms with Gasteiger partial charge in [0.15, 0.2) is 6.10 Å². The van der Waals surface area contributed by atoms with Crippen LogP contribution in [-0.4, -0.2) is 32.2 Å². The first kappa shape index (κ1) is 14.9. The highest BCUT2D eigenvalue weighted by Gasteiger charge is 2.27. The SMILES string of the molecule is c1ccc(-c2ncccc2OC[C@@H]2Cn3c(nc4ccccc43)O2)nc1. The number of pyridine rings is 2. The Labute approximate surface area is 150 Å². The fourth-order valence-electron chi connectivity index (χ4n) is 3.18. The number of hydrogen-bond donors (Lipinski definition) is 0. The zero-order chi connectivity index (χ0) is 17.3. The number of imidazole rings is 1. The summed E-state index contributed by atoms with van der Waals surface area (Å²) in [6.07, 6.45) is 3.40. The van der Waals surface area contributed by atoms with Crippen LogP contribution in [0.1, 0.15) is 0 Å². The summed E-state index contributed by atoms with van der Waals surface area (Å²) >= 11 is 0. The van der Waals surface area contributed by atoms with Crippen LogP contribution in [0.5, 0.6) is 11.8 Å². The number of para-hydroxylation sites is 2. The van der Waals surface area contributed by atoms with Crippen LogP contribution < -0.4 is 9.47 Å².